The number of carbonyl (C=O) groups excluding carboxylic acids is 1. The number of hydrogen-bond acceptors (Lipinski definition) is 4. The molecule has 0 bridgehead atoms. The van der Waals surface area contributed by atoms with Gasteiger partial charge in [-0.3, -0.25) is 4.79 Å². The monoisotopic (exact) mass is 305 g/mol. The molecule has 2 N–H and O–H groups in total. The Labute approximate surface area is 125 Å². The van der Waals surface area contributed by atoms with Gasteiger partial charge in [0.15, 0.2) is 0 Å². The maximum atomic E-state index is 12.3. The van der Waals surface area contributed by atoms with E-state index < -0.39 is 11.6 Å². The van der Waals surface area contributed by atoms with Crippen molar-refractivity contribution in [2.75, 3.05) is 12.4 Å². The highest BCUT2D eigenvalue weighted by atomic mass is 32.1. The third-order valence-corrected chi connectivity index (χ3v) is 5.05. The Morgan fingerprint density at radius 1 is 1.33 bits per heavy atom. The number of carbonyl (C=O) groups is 2. The Hall–Kier alpha value is -1.92. The van der Waals surface area contributed by atoms with Crippen LogP contribution in [0.3, 0.4) is 0 Å². The van der Waals surface area contributed by atoms with Crippen molar-refractivity contribution < 1.29 is 19.4 Å². The van der Waals surface area contributed by atoms with Gasteiger partial charge in [0, 0.05) is 17.5 Å². The van der Waals surface area contributed by atoms with Crippen LogP contribution in [-0.2, 0) is 9.53 Å². The van der Waals surface area contributed by atoms with E-state index in [0.717, 1.165) is 29.3 Å². The van der Waals surface area contributed by atoms with Gasteiger partial charge in [0.05, 0.1) is 0 Å². The number of fused-ring (bicyclic) bond motifs is 1. The minimum absolute atomic E-state index is 0.135. The molecule has 1 fully saturated rings. The zero-order valence-electron chi connectivity index (χ0n) is 11.5. The zero-order valence-corrected chi connectivity index (χ0v) is 12.3. The lowest BCUT2D eigenvalue weighted by Crippen LogP contribution is -2.50. The summed E-state index contributed by atoms with van der Waals surface area (Å²) in [5.74, 6) is -1.07. The number of nitrogens with one attached hydrogen (secondary N) is 1. The van der Waals surface area contributed by atoms with E-state index >= 15 is 0 Å². The van der Waals surface area contributed by atoms with Crippen molar-refractivity contribution in [3.63, 3.8) is 0 Å². The highest BCUT2D eigenvalue weighted by Gasteiger charge is 2.44. The van der Waals surface area contributed by atoms with E-state index in [4.69, 9.17) is 9.84 Å². The molecule has 0 spiro atoms. The highest BCUT2D eigenvalue weighted by Crippen LogP contribution is 2.36. The molecule has 0 radical (unpaired) electrons. The van der Waals surface area contributed by atoms with Gasteiger partial charge in [-0.05, 0) is 48.9 Å². The predicted octanol–water partition coefficient (Wildman–Crippen LogP) is 3.11. The molecule has 2 aromatic rings. The minimum atomic E-state index is -0.936. The molecule has 0 unspecified atom stereocenters. The van der Waals surface area contributed by atoms with Gasteiger partial charge in [-0.15, -0.1) is 11.3 Å². The standard InChI is InChI=1S/C15H15NO4S/c1-20-15(5-2-6-15)14(19)16-10-3-4-11-9(7-10)8-12(21-11)13(17)18/h3-4,7-8H,2,5-6H2,1H3,(H,16,19)(H,17,18). The molecule has 1 saturated carbocycles. The molecule has 5 nitrogen and oxygen atoms in total. The van der Waals surface area contributed by atoms with Crippen LogP contribution < -0.4 is 5.32 Å². The summed E-state index contributed by atoms with van der Waals surface area (Å²) in [5, 5.41) is 12.7. The Morgan fingerprint density at radius 2 is 2.10 bits per heavy atom. The third kappa shape index (κ3) is 2.41. The smallest absolute Gasteiger partial charge is 0.345 e. The molecule has 6 heteroatoms. The second kappa shape index (κ2) is 5.13. The quantitative estimate of drug-likeness (QED) is 0.910. The van der Waals surface area contributed by atoms with Crippen LogP contribution in [0.15, 0.2) is 24.3 Å². The van der Waals surface area contributed by atoms with E-state index in [0.29, 0.717) is 10.6 Å². The lowest BCUT2D eigenvalue weighted by molar-refractivity contribution is -0.148. The summed E-state index contributed by atoms with van der Waals surface area (Å²) in [7, 11) is 1.56. The normalized spacial score (nSPS) is 16.4. The molecule has 3 rings (SSSR count). The molecule has 21 heavy (non-hydrogen) atoms. The number of amides is 1. The fourth-order valence-corrected chi connectivity index (χ4v) is 3.38. The van der Waals surface area contributed by atoms with E-state index in [-0.39, 0.29) is 5.91 Å². The van der Waals surface area contributed by atoms with Gasteiger partial charge in [-0.1, -0.05) is 0 Å². The van der Waals surface area contributed by atoms with E-state index in [9.17, 15) is 9.59 Å². The number of anilines is 1. The van der Waals surface area contributed by atoms with Crippen LogP contribution >= 0.6 is 11.3 Å². The average Bonchev–Trinajstić information content (AvgIpc) is 2.81. The maximum absolute atomic E-state index is 12.3. The number of carboxylic acids is 1. The van der Waals surface area contributed by atoms with Crippen LogP contribution in [0.4, 0.5) is 5.69 Å². The van der Waals surface area contributed by atoms with Gasteiger partial charge in [0.1, 0.15) is 10.5 Å². The van der Waals surface area contributed by atoms with Gasteiger partial charge in [-0.25, -0.2) is 4.79 Å². The molecular weight excluding hydrogens is 290 g/mol. The van der Waals surface area contributed by atoms with Gasteiger partial charge in [0.25, 0.3) is 5.91 Å². The number of ether oxygens (including phenoxy) is 1. The molecule has 1 aromatic heterocycles. The Morgan fingerprint density at radius 3 is 2.67 bits per heavy atom. The maximum Gasteiger partial charge on any atom is 0.345 e. The molecule has 110 valence electrons. The van der Waals surface area contributed by atoms with Crippen molar-refractivity contribution in [1.29, 1.82) is 0 Å². The Bertz CT molecular complexity index is 712. The first-order chi connectivity index (χ1) is 10.0. The second-order valence-corrected chi connectivity index (χ2v) is 6.26. The molecule has 1 aromatic carbocycles. The Balaban J connectivity index is 1.84. The van der Waals surface area contributed by atoms with Crippen molar-refractivity contribution in [2.45, 2.75) is 24.9 Å². The van der Waals surface area contributed by atoms with Crippen molar-refractivity contribution in [3.8, 4) is 0 Å². The van der Waals surface area contributed by atoms with Crippen molar-refractivity contribution in [3.05, 3.63) is 29.1 Å². The van der Waals surface area contributed by atoms with Gasteiger partial charge < -0.3 is 15.2 Å². The summed E-state index contributed by atoms with van der Waals surface area (Å²) in [6, 6.07) is 7.01. The van der Waals surface area contributed by atoms with E-state index in [1.54, 1.807) is 25.3 Å². The van der Waals surface area contributed by atoms with E-state index in [1.165, 1.54) is 11.3 Å². The molecular formula is C15H15NO4S. The second-order valence-electron chi connectivity index (χ2n) is 5.17. The Kier molecular flexibility index (Phi) is 3.43. The van der Waals surface area contributed by atoms with Gasteiger partial charge in [-0.2, -0.15) is 0 Å². The summed E-state index contributed by atoms with van der Waals surface area (Å²) < 4.78 is 6.23. The van der Waals surface area contributed by atoms with Crippen LogP contribution in [0.1, 0.15) is 28.9 Å². The SMILES string of the molecule is COC1(C(=O)Nc2ccc3sc(C(=O)O)cc3c2)CCC1. The lowest BCUT2D eigenvalue weighted by Gasteiger charge is -2.38. The number of methoxy groups -OCH3 is 1. The summed E-state index contributed by atoms with van der Waals surface area (Å²) in [4.78, 5) is 23.5. The van der Waals surface area contributed by atoms with Gasteiger partial charge >= 0.3 is 5.97 Å². The number of aromatic carboxylic acids is 1. The fraction of sp³-hybridized carbons (Fsp3) is 0.333. The largest absolute Gasteiger partial charge is 0.477 e. The van der Waals surface area contributed by atoms with Crippen molar-refractivity contribution in [2.24, 2.45) is 0 Å². The summed E-state index contributed by atoms with van der Waals surface area (Å²) >= 11 is 1.22. The molecule has 0 aliphatic heterocycles. The molecule has 0 saturated heterocycles. The number of carboxylic acid groups (broad SMARTS) is 1. The van der Waals surface area contributed by atoms with Crippen LogP contribution in [-0.4, -0.2) is 29.7 Å². The molecule has 1 aliphatic rings. The number of rotatable bonds is 4. The first-order valence-corrected chi connectivity index (χ1v) is 7.49. The number of thiophene rings is 1. The average molecular weight is 305 g/mol. The molecule has 0 atom stereocenters. The van der Waals surface area contributed by atoms with E-state index in [1.807, 2.05) is 6.07 Å². The van der Waals surface area contributed by atoms with Crippen molar-refractivity contribution in [1.82, 2.24) is 0 Å². The highest BCUT2D eigenvalue weighted by molar-refractivity contribution is 7.20. The third-order valence-electron chi connectivity index (χ3n) is 3.95. The van der Waals surface area contributed by atoms with Crippen LogP contribution in [0, 0.1) is 0 Å². The predicted molar refractivity (Wildman–Crippen MR) is 81.0 cm³/mol. The van der Waals surface area contributed by atoms with Crippen LogP contribution in [0.25, 0.3) is 10.1 Å². The number of hydrogen-bond donors (Lipinski definition) is 2. The summed E-state index contributed by atoms with van der Waals surface area (Å²) in [6.07, 6.45) is 2.46. The molecule has 1 amide bonds. The fourth-order valence-electron chi connectivity index (χ4n) is 2.49. The van der Waals surface area contributed by atoms with Crippen LogP contribution in [0.2, 0.25) is 0 Å². The van der Waals surface area contributed by atoms with Crippen LogP contribution in [0.5, 0.6) is 0 Å². The van der Waals surface area contributed by atoms with Crippen molar-refractivity contribution >= 4 is 39.0 Å². The summed E-state index contributed by atoms with van der Waals surface area (Å²) in [6.45, 7) is 0. The number of benzene rings is 1. The lowest BCUT2D eigenvalue weighted by atomic mass is 9.79. The first kappa shape index (κ1) is 14.0. The minimum Gasteiger partial charge on any atom is -0.477 e. The molecule has 1 aliphatic carbocycles. The topological polar surface area (TPSA) is 75.6 Å². The zero-order chi connectivity index (χ0) is 15.0. The van der Waals surface area contributed by atoms with E-state index in [2.05, 4.69) is 5.32 Å². The molecule has 1 heterocycles. The van der Waals surface area contributed by atoms with Gasteiger partial charge in [0.2, 0.25) is 0 Å². The summed E-state index contributed by atoms with van der Waals surface area (Å²) in [5.41, 5.74) is -0.0407. The first-order valence-electron chi connectivity index (χ1n) is 6.67.